The summed E-state index contributed by atoms with van der Waals surface area (Å²) in [4.78, 5) is 50.6. The highest BCUT2D eigenvalue weighted by Crippen LogP contribution is 2.36. The number of carbonyl (C=O) groups is 3. The molecule has 0 aliphatic carbocycles. The summed E-state index contributed by atoms with van der Waals surface area (Å²) < 4.78 is 11.1. The van der Waals surface area contributed by atoms with Crippen LogP contribution in [0.5, 0.6) is 11.5 Å². The first-order valence-electron chi connectivity index (χ1n) is 11.7. The number of benzene rings is 4. The van der Waals surface area contributed by atoms with Gasteiger partial charge in [-0.1, -0.05) is 60.7 Å². The van der Waals surface area contributed by atoms with E-state index in [2.05, 4.69) is 0 Å². The number of hydrogen-bond donors (Lipinski definition) is 0. The number of imide groups is 1. The minimum atomic E-state index is -0.577. The molecule has 9 nitrogen and oxygen atoms in total. The first-order valence-corrected chi connectivity index (χ1v) is 12.5. The van der Waals surface area contributed by atoms with Crippen LogP contribution in [-0.2, 0) is 11.3 Å². The Kier molecular flexibility index (Phi) is 7.11. The van der Waals surface area contributed by atoms with Crippen molar-refractivity contribution in [1.82, 2.24) is 4.90 Å². The summed E-state index contributed by atoms with van der Waals surface area (Å²) in [5, 5.41) is 12.4. The topological polar surface area (TPSA) is 116 Å². The molecule has 0 saturated carbocycles. The van der Waals surface area contributed by atoms with E-state index in [1.807, 2.05) is 30.3 Å². The maximum Gasteiger partial charge on any atom is 0.344 e. The minimum absolute atomic E-state index is 0.134. The number of nitro groups is 1. The zero-order valence-corrected chi connectivity index (χ0v) is 21.3. The van der Waals surface area contributed by atoms with Crippen molar-refractivity contribution >= 4 is 51.4 Å². The van der Waals surface area contributed by atoms with Crippen molar-refractivity contribution in [3.63, 3.8) is 0 Å². The molecule has 0 unspecified atom stereocenters. The Labute approximate surface area is 226 Å². The van der Waals surface area contributed by atoms with Crippen molar-refractivity contribution in [3.05, 3.63) is 117 Å². The summed E-state index contributed by atoms with van der Waals surface area (Å²) in [6.45, 7) is -0.227. The molecule has 10 heteroatoms. The molecule has 1 aliphatic rings. The average molecular weight is 541 g/mol. The van der Waals surface area contributed by atoms with Crippen LogP contribution in [0.15, 0.2) is 89.8 Å². The highest BCUT2D eigenvalue weighted by molar-refractivity contribution is 8.18. The molecular formula is C29H20N2O7S. The molecule has 2 amide bonds. The lowest BCUT2D eigenvalue weighted by atomic mass is 10.0. The lowest BCUT2D eigenvalue weighted by Gasteiger charge is -2.12. The molecule has 1 fully saturated rings. The van der Waals surface area contributed by atoms with Gasteiger partial charge >= 0.3 is 5.97 Å². The van der Waals surface area contributed by atoms with Gasteiger partial charge < -0.3 is 9.47 Å². The number of hydrogen-bond acceptors (Lipinski definition) is 8. The fourth-order valence-corrected chi connectivity index (χ4v) is 5.04. The number of thioether (sulfide) groups is 1. The first-order chi connectivity index (χ1) is 18.9. The third kappa shape index (κ3) is 5.23. The number of methoxy groups -OCH3 is 1. The smallest absolute Gasteiger partial charge is 0.344 e. The summed E-state index contributed by atoms with van der Waals surface area (Å²) in [7, 11) is 1.44. The minimum Gasteiger partial charge on any atom is -0.493 e. The number of carbonyl (C=O) groups excluding carboxylic acids is 3. The van der Waals surface area contributed by atoms with Crippen LogP contribution in [0, 0.1) is 10.1 Å². The van der Waals surface area contributed by atoms with E-state index in [0.29, 0.717) is 16.9 Å². The number of para-hydroxylation sites is 1. The Balaban J connectivity index is 1.40. The summed E-state index contributed by atoms with van der Waals surface area (Å²) in [5.74, 6) is -0.700. The predicted molar refractivity (Wildman–Crippen MR) is 147 cm³/mol. The van der Waals surface area contributed by atoms with E-state index in [1.165, 1.54) is 37.5 Å². The van der Waals surface area contributed by atoms with Gasteiger partial charge in [-0.2, -0.15) is 0 Å². The Morgan fingerprint density at radius 3 is 2.51 bits per heavy atom. The summed E-state index contributed by atoms with van der Waals surface area (Å²) in [5.41, 5.74) is 0.955. The number of fused-ring (bicyclic) bond motifs is 1. The second kappa shape index (κ2) is 10.8. The van der Waals surface area contributed by atoms with Crippen LogP contribution in [0.4, 0.5) is 10.5 Å². The third-order valence-corrected chi connectivity index (χ3v) is 7.00. The van der Waals surface area contributed by atoms with E-state index in [1.54, 1.807) is 30.3 Å². The lowest BCUT2D eigenvalue weighted by Crippen LogP contribution is -2.27. The highest BCUT2D eigenvalue weighted by Gasteiger charge is 2.36. The average Bonchev–Trinajstić information content (AvgIpc) is 3.20. The second-order valence-electron chi connectivity index (χ2n) is 8.48. The molecule has 194 valence electrons. The van der Waals surface area contributed by atoms with Gasteiger partial charge in [-0.25, -0.2) is 4.79 Å². The Morgan fingerprint density at radius 2 is 1.72 bits per heavy atom. The van der Waals surface area contributed by atoms with E-state index in [4.69, 9.17) is 9.47 Å². The normalized spacial score (nSPS) is 14.2. The Bertz CT molecular complexity index is 1680. The van der Waals surface area contributed by atoms with Crippen molar-refractivity contribution < 1.29 is 28.8 Å². The number of esters is 1. The predicted octanol–water partition coefficient (Wildman–Crippen LogP) is 6.21. The SMILES string of the molecule is COc1ccc(/C=C2\SC(=O)N(Cc3ccccc3[N+](=O)[O-])C2=O)cc1OC(=O)c1cccc2ccccc12. The maximum absolute atomic E-state index is 13.1. The molecule has 0 aromatic heterocycles. The van der Waals surface area contributed by atoms with E-state index < -0.39 is 22.0 Å². The second-order valence-corrected chi connectivity index (χ2v) is 9.47. The van der Waals surface area contributed by atoms with Gasteiger partial charge in [0.1, 0.15) is 0 Å². The van der Waals surface area contributed by atoms with Gasteiger partial charge in [-0.3, -0.25) is 24.6 Å². The monoisotopic (exact) mass is 540 g/mol. The molecular weight excluding hydrogens is 520 g/mol. The Morgan fingerprint density at radius 1 is 0.974 bits per heavy atom. The van der Waals surface area contributed by atoms with Crippen molar-refractivity contribution in [2.45, 2.75) is 6.54 Å². The molecule has 4 aromatic rings. The third-order valence-electron chi connectivity index (χ3n) is 6.09. The van der Waals surface area contributed by atoms with E-state index >= 15 is 0 Å². The number of ether oxygens (including phenoxy) is 2. The zero-order chi connectivity index (χ0) is 27.5. The van der Waals surface area contributed by atoms with E-state index in [0.717, 1.165) is 27.4 Å². The number of nitro benzene ring substituents is 1. The van der Waals surface area contributed by atoms with Crippen LogP contribution in [0.25, 0.3) is 16.8 Å². The fourth-order valence-electron chi connectivity index (χ4n) is 4.20. The summed E-state index contributed by atoms with van der Waals surface area (Å²) in [6, 6.07) is 23.5. The molecule has 1 saturated heterocycles. The van der Waals surface area contributed by atoms with Crippen LogP contribution in [0.3, 0.4) is 0 Å². The molecule has 1 heterocycles. The van der Waals surface area contributed by atoms with Gasteiger partial charge in [0.2, 0.25) is 0 Å². The van der Waals surface area contributed by atoms with Crippen molar-refractivity contribution in [3.8, 4) is 11.5 Å². The lowest BCUT2D eigenvalue weighted by molar-refractivity contribution is -0.385. The number of amides is 2. The van der Waals surface area contributed by atoms with Crippen molar-refractivity contribution in [2.24, 2.45) is 0 Å². The van der Waals surface area contributed by atoms with Crippen LogP contribution < -0.4 is 9.47 Å². The molecule has 39 heavy (non-hydrogen) atoms. The molecule has 1 aliphatic heterocycles. The van der Waals surface area contributed by atoms with Gasteiger partial charge in [0.05, 0.1) is 29.0 Å². The number of rotatable bonds is 7. The molecule has 0 N–H and O–H groups in total. The van der Waals surface area contributed by atoms with Crippen LogP contribution >= 0.6 is 11.8 Å². The van der Waals surface area contributed by atoms with Gasteiger partial charge in [-0.05, 0) is 52.4 Å². The first kappa shape index (κ1) is 25.7. The van der Waals surface area contributed by atoms with Gasteiger partial charge in [0.15, 0.2) is 11.5 Å². The molecule has 0 atom stereocenters. The van der Waals surface area contributed by atoms with Gasteiger partial charge in [0, 0.05) is 11.6 Å². The molecule has 0 spiro atoms. The van der Waals surface area contributed by atoms with Crippen molar-refractivity contribution in [1.29, 1.82) is 0 Å². The van der Waals surface area contributed by atoms with E-state index in [9.17, 15) is 24.5 Å². The fraction of sp³-hybridized carbons (Fsp3) is 0.0690. The maximum atomic E-state index is 13.1. The Hall–Kier alpha value is -4.96. The van der Waals surface area contributed by atoms with Crippen LogP contribution in [-0.4, -0.2) is 34.0 Å². The molecule has 0 bridgehead atoms. The quantitative estimate of drug-likeness (QED) is 0.0893. The summed E-state index contributed by atoms with van der Waals surface area (Å²) in [6.07, 6.45) is 1.50. The van der Waals surface area contributed by atoms with E-state index in [-0.39, 0.29) is 28.5 Å². The van der Waals surface area contributed by atoms with Gasteiger partial charge in [0.25, 0.3) is 16.8 Å². The highest BCUT2D eigenvalue weighted by atomic mass is 32.2. The largest absolute Gasteiger partial charge is 0.493 e. The molecule has 5 rings (SSSR count). The zero-order valence-electron chi connectivity index (χ0n) is 20.5. The van der Waals surface area contributed by atoms with Crippen LogP contribution in [0.1, 0.15) is 21.5 Å². The molecule has 4 aromatic carbocycles. The summed E-state index contributed by atoms with van der Waals surface area (Å²) >= 11 is 0.728. The number of nitrogens with zero attached hydrogens (tertiary/aromatic N) is 2. The standard InChI is InChI=1S/C29H20N2O7S/c1-37-24-14-13-18(15-25(24)38-28(33)22-11-6-9-19-7-2-4-10-21(19)22)16-26-27(32)30(29(34)39-26)17-20-8-3-5-12-23(20)31(35)36/h2-16H,17H2,1H3/b26-16-. The van der Waals surface area contributed by atoms with Crippen molar-refractivity contribution in [2.75, 3.05) is 7.11 Å². The van der Waals surface area contributed by atoms with Gasteiger partial charge in [-0.15, -0.1) is 0 Å². The molecule has 0 radical (unpaired) electrons. The van der Waals surface area contributed by atoms with Crippen LogP contribution in [0.2, 0.25) is 0 Å².